The van der Waals surface area contributed by atoms with Crippen LogP contribution in [0.3, 0.4) is 0 Å². The second kappa shape index (κ2) is 6.97. The summed E-state index contributed by atoms with van der Waals surface area (Å²) in [6.45, 7) is 0.388. The van der Waals surface area contributed by atoms with Gasteiger partial charge in [-0.3, -0.25) is 9.88 Å². The molecule has 0 saturated carbocycles. The molecule has 4 heteroatoms. The van der Waals surface area contributed by atoms with Gasteiger partial charge in [-0.05, 0) is 23.3 Å². The van der Waals surface area contributed by atoms with E-state index in [1.807, 2.05) is 78.9 Å². The Balaban J connectivity index is 1.75. The number of nitrogens with one attached hydrogen (secondary N) is 1. The fourth-order valence-corrected chi connectivity index (χ4v) is 5.76. The van der Waals surface area contributed by atoms with Crippen molar-refractivity contribution in [3.05, 3.63) is 102 Å². The van der Waals surface area contributed by atoms with Crippen LogP contribution < -0.4 is 10.6 Å². The van der Waals surface area contributed by atoms with Gasteiger partial charge in [0.1, 0.15) is 5.78 Å². The van der Waals surface area contributed by atoms with Crippen LogP contribution in [-0.4, -0.2) is 6.61 Å². The standard InChI is InChI=1S/C21H20NO2P/c23-25(19-14-8-3-9-15-19)21(18-12-6-2-7-13-18)22-20(16-24-25)17-10-4-1-5-11-17/h1-15,20-22H,16H2/t20-,21+,25+/m0/s1. The molecule has 0 bridgehead atoms. The van der Waals surface area contributed by atoms with Gasteiger partial charge in [-0.15, -0.1) is 0 Å². The first kappa shape index (κ1) is 16.3. The fourth-order valence-electron chi connectivity index (χ4n) is 3.26. The lowest BCUT2D eigenvalue weighted by molar-refractivity contribution is 0.227. The van der Waals surface area contributed by atoms with Crippen LogP contribution in [-0.2, 0) is 9.09 Å². The van der Waals surface area contributed by atoms with E-state index < -0.39 is 7.37 Å². The van der Waals surface area contributed by atoms with Crippen molar-refractivity contribution in [2.45, 2.75) is 11.8 Å². The lowest BCUT2D eigenvalue weighted by Crippen LogP contribution is -2.37. The van der Waals surface area contributed by atoms with Gasteiger partial charge in [-0.2, -0.15) is 0 Å². The molecule has 4 rings (SSSR count). The largest absolute Gasteiger partial charge is 0.322 e. The Morgan fingerprint density at radius 2 is 1.28 bits per heavy atom. The van der Waals surface area contributed by atoms with Crippen LogP contribution in [0.4, 0.5) is 0 Å². The van der Waals surface area contributed by atoms with E-state index in [4.69, 9.17) is 4.52 Å². The van der Waals surface area contributed by atoms with Gasteiger partial charge in [0.2, 0.25) is 0 Å². The zero-order valence-electron chi connectivity index (χ0n) is 13.8. The van der Waals surface area contributed by atoms with Crippen molar-refractivity contribution in [2.75, 3.05) is 6.61 Å². The molecule has 126 valence electrons. The molecule has 0 amide bonds. The summed E-state index contributed by atoms with van der Waals surface area (Å²) < 4.78 is 19.9. The number of hydrogen-bond acceptors (Lipinski definition) is 3. The molecular weight excluding hydrogens is 329 g/mol. The van der Waals surface area contributed by atoms with Gasteiger partial charge >= 0.3 is 0 Å². The molecule has 1 aliphatic heterocycles. The van der Waals surface area contributed by atoms with Crippen molar-refractivity contribution in [3.63, 3.8) is 0 Å². The van der Waals surface area contributed by atoms with Crippen molar-refractivity contribution in [1.82, 2.24) is 5.32 Å². The summed E-state index contributed by atoms with van der Waals surface area (Å²) in [6.07, 6.45) is 0. The predicted octanol–water partition coefficient (Wildman–Crippen LogP) is 4.65. The van der Waals surface area contributed by atoms with Crippen molar-refractivity contribution >= 4 is 12.7 Å². The first-order valence-electron chi connectivity index (χ1n) is 8.43. The number of hydrogen-bond donors (Lipinski definition) is 1. The summed E-state index contributed by atoms with van der Waals surface area (Å²) in [5, 5.41) is 4.34. The zero-order valence-corrected chi connectivity index (χ0v) is 14.7. The number of rotatable bonds is 3. The Hall–Kier alpha value is -2.19. The maximum atomic E-state index is 13.9. The predicted molar refractivity (Wildman–Crippen MR) is 101 cm³/mol. The maximum Gasteiger partial charge on any atom is 0.253 e. The van der Waals surface area contributed by atoms with Gasteiger partial charge < -0.3 is 4.52 Å². The molecule has 0 radical (unpaired) electrons. The van der Waals surface area contributed by atoms with Crippen molar-refractivity contribution in [3.8, 4) is 0 Å². The van der Waals surface area contributed by atoms with Crippen molar-refractivity contribution in [2.24, 2.45) is 0 Å². The normalized spacial score (nSPS) is 26.2. The summed E-state index contributed by atoms with van der Waals surface area (Å²) in [4.78, 5) is 0. The molecule has 3 aromatic rings. The minimum absolute atomic E-state index is 0.0113. The highest BCUT2D eigenvalue weighted by Gasteiger charge is 2.43. The van der Waals surface area contributed by atoms with E-state index in [9.17, 15) is 4.57 Å². The first-order valence-corrected chi connectivity index (χ1v) is 10.1. The van der Waals surface area contributed by atoms with Gasteiger partial charge in [0.05, 0.1) is 12.6 Å². The molecule has 3 aromatic carbocycles. The zero-order chi connectivity index (χ0) is 17.1. The average Bonchev–Trinajstić information content (AvgIpc) is 2.70. The molecular formula is C21H20NO2P. The highest BCUT2D eigenvalue weighted by atomic mass is 31.2. The summed E-state index contributed by atoms with van der Waals surface area (Å²) in [5.41, 5.74) is 2.12. The van der Waals surface area contributed by atoms with Crippen LogP contribution in [0.5, 0.6) is 0 Å². The molecule has 0 unspecified atom stereocenters. The van der Waals surface area contributed by atoms with E-state index in [0.717, 1.165) is 16.4 Å². The van der Waals surface area contributed by atoms with Crippen LogP contribution in [0.1, 0.15) is 23.0 Å². The van der Waals surface area contributed by atoms with E-state index in [2.05, 4.69) is 17.4 Å². The Labute approximate surface area is 148 Å². The minimum Gasteiger partial charge on any atom is -0.322 e. The van der Waals surface area contributed by atoms with Gasteiger partial charge in [-0.25, -0.2) is 0 Å². The Morgan fingerprint density at radius 3 is 1.88 bits per heavy atom. The topological polar surface area (TPSA) is 38.3 Å². The number of benzene rings is 3. The average molecular weight is 349 g/mol. The van der Waals surface area contributed by atoms with Gasteiger partial charge in [0.15, 0.2) is 0 Å². The highest BCUT2D eigenvalue weighted by molar-refractivity contribution is 7.67. The lowest BCUT2D eigenvalue weighted by Gasteiger charge is -2.38. The van der Waals surface area contributed by atoms with E-state index in [-0.39, 0.29) is 11.8 Å². The molecule has 3 atom stereocenters. The smallest absolute Gasteiger partial charge is 0.253 e. The van der Waals surface area contributed by atoms with Crippen LogP contribution in [0.2, 0.25) is 0 Å². The summed E-state index contributed by atoms with van der Waals surface area (Å²) in [7, 11) is -3.07. The molecule has 1 heterocycles. The van der Waals surface area contributed by atoms with Crippen molar-refractivity contribution in [1.29, 1.82) is 0 Å². The monoisotopic (exact) mass is 349 g/mol. The Bertz CT molecular complexity index is 868. The SMILES string of the molecule is O=[P@]1(c2ccccc2)OC[C@@H](c2ccccc2)N[C@H]1c1ccccc1. The first-order chi connectivity index (χ1) is 12.3. The van der Waals surface area contributed by atoms with Gasteiger partial charge in [-0.1, -0.05) is 78.9 Å². The molecule has 3 nitrogen and oxygen atoms in total. The molecule has 0 spiro atoms. The summed E-state index contributed by atoms with van der Waals surface area (Å²) >= 11 is 0. The van der Waals surface area contributed by atoms with Gasteiger partial charge in [0, 0.05) is 5.30 Å². The maximum absolute atomic E-state index is 13.9. The summed E-state index contributed by atoms with van der Waals surface area (Å²) in [5.74, 6) is -0.366. The molecule has 0 aromatic heterocycles. The third-order valence-electron chi connectivity index (χ3n) is 4.57. The molecule has 0 aliphatic carbocycles. The molecule has 25 heavy (non-hydrogen) atoms. The molecule has 1 saturated heterocycles. The molecule has 1 fully saturated rings. The van der Waals surface area contributed by atoms with Crippen LogP contribution in [0.15, 0.2) is 91.0 Å². The van der Waals surface area contributed by atoms with Crippen LogP contribution >= 0.6 is 7.37 Å². The van der Waals surface area contributed by atoms with E-state index in [1.54, 1.807) is 0 Å². The van der Waals surface area contributed by atoms with E-state index in [0.29, 0.717) is 6.61 Å². The van der Waals surface area contributed by atoms with E-state index >= 15 is 0 Å². The third-order valence-corrected chi connectivity index (χ3v) is 7.24. The van der Waals surface area contributed by atoms with Gasteiger partial charge in [0.25, 0.3) is 7.37 Å². The molecule has 1 N–H and O–H groups in total. The second-order valence-electron chi connectivity index (χ2n) is 6.17. The highest BCUT2D eigenvalue weighted by Crippen LogP contribution is 2.60. The Morgan fingerprint density at radius 1 is 0.760 bits per heavy atom. The van der Waals surface area contributed by atoms with Crippen LogP contribution in [0.25, 0.3) is 0 Å². The third kappa shape index (κ3) is 3.19. The Kier molecular flexibility index (Phi) is 4.54. The summed E-state index contributed by atoms with van der Waals surface area (Å²) in [6, 6.07) is 29.6. The second-order valence-corrected chi connectivity index (χ2v) is 8.66. The lowest BCUT2D eigenvalue weighted by atomic mass is 10.1. The fraction of sp³-hybridized carbons (Fsp3) is 0.143. The van der Waals surface area contributed by atoms with Crippen LogP contribution in [0, 0.1) is 0 Å². The minimum atomic E-state index is -3.07. The molecule has 1 aliphatic rings. The van der Waals surface area contributed by atoms with E-state index in [1.165, 1.54) is 0 Å². The van der Waals surface area contributed by atoms with Crippen molar-refractivity contribution < 1.29 is 9.09 Å². The quantitative estimate of drug-likeness (QED) is 0.700.